The number of likely N-dealkylation sites (tertiary alicyclic amines) is 1. The number of nitrogens with one attached hydrogen (secondary N) is 2. The summed E-state index contributed by atoms with van der Waals surface area (Å²) in [5, 5.41) is 6.91. The molecule has 29 heavy (non-hydrogen) atoms. The zero-order chi connectivity index (χ0) is 19.9. The van der Waals surface area contributed by atoms with E-state index in [0.29, 0.717) is 6.04 Å². The number of aliphatic imine (C=N–C) groups is 1. The molecular weight excluding hydrogens is 477 g/mol. The van der Waals surface area contributed by atoms with Crippen molar-refractivity contribution in [1.82, 2.24) is 15.5 Å². The Bertz CT molecular complexity index is 700. The van der Waals surface area contributed by atoms with E-state index in [4.69, 9.17) is 0 Å². The molecule has 0 aliphatic carbocycles. The van der Waals surface area contributed by atoms with Crippen LogP contribution in [0.3, 0.4) is 0 Å². The molecule has 1 aromatic carbocycles. The monoisotopic (exact) mass is 511 g/mol. The first kappa shape index (κ1) is 23.5. The minimum absolute atomic E-state index is 0. The van der Waals surface area contributed by atoms with Crippen LogP contribution in [-0.4, -0.2) is 56.0 Å². The van der Waals surface area contributed by atoms with Gasteiger partial charge in [0.25, 0.3) is 0 Å². The topological polar surface area (TPSA) is 60.0 Å². The molecule has 1 fully saturated rings. The largest absolute Gasteiger partial charge is 0.364 e. The van der Waals surface area contributed by atoms with Crippen molar-refractivity contribution in [3.63, 3.8) is 0 Å². The molecule has 1 amide bonds. The number of carbonyl (C=O) groups is 1. The van der Waals surface area contributed by atoms with Crippen LogP contribution >= 0.6 is 24.0 Å². The highest BCUT2D eigenvalue weighted by Gasteiger charge is 2.24. The summed E-state index contributed by atoms with van der Waals surface area (Å²) in [5.41, 5.74) is 2.50. The number of piperidine rings is 1. The van der Waals surface area contributed by atoms with Crippen molar-refractivity contribution in [1.29, 1.82) is 0 Å². The molecule has 0 saturated carbocycles. The predicted molar refractivity (Wildman–Crippen MR) is 131 cm³/mol. The third-order valence-corrected chi connectivity index (χ3v) is 5.44. The Hall–Kier alpha value is -1.77. The number of hydrogen-bond donors (Lipinski definition) is 2. The van der Waals surface area contributed by atoms with Gasteiger partial charge in [0.2, 0.25) is 5.91 Å². The summed E-state index contributed by atoms with van der Waals surface area (Å²) in [6.07, 6.45) is 6.32. The number of carbonyl (C=O) groups excluding carboxylic acids is 1. The molecule has 0 unspecified atom stereocenters. The van der Waals surface area contributed by atoms with E-state index in [1.165, 1.54) is 11.3 Å². The summed E-state index contributed by atoms with van der Waals surface area (Å²) < 4.78 is 0. The Kier molecular flexibility index (Phi) is 9.26. The highest BCUT2D eigenvalue weighted by molar-refractivity contribution is 14.0. The van der Waals surface area contributed by atoms with Gasteiger partial charge < -0.3 is 20.4 Å². The fraction of sp³-hybridized carbons (Fsp3) is 0.545. The van der Waals surface area contributed by atoms with Crippen LogP contribution in [0.4, 0.5) is 5.69 Å². The summed E-state index contributed by atoms with van der Waals surface area (Å²) in [6, 6.07) is 9.06. The van der Waals surface area contributed by atoms with Crippen LogP contribution in [0.1, 0.15) is 32.3 Å². The van der Waals surface area contributed by atoms with Crippen LogP contribution < -0.4 is 15.5 Å². The van der Waals surface area contributed by atoms with Gasteiger partial charge in [-0.2, -0.15) is 0 Å². The summed E-state index contributed by atoms with van der Waals surface area (Å²) in [4.78, 5) is 20.8. The van der Waals surface area contributed by atoms with E-state index < -0.39 is 0 Å². The molecule has 6 nitrogen and oxygen atoms in total. The lowest BCUT2D eigenvalue weighted by Gasteiger charge is -2.34. The number of rotatable bonds is 5. The summed E-state index contributed by atoms with van der Waals surface area (Å²) in [6.45, 7) is 8.30. The van der Waals surface area contributed by atoms with E-state index >= 15 is 0 Å². The first-order chi connectivity index (χ1) is 13.6. The van der Waals surface area contributed by atoms with E-state index in [9.17, 15) is 4.79 Å². The van der Waals surface area contributed by atoms with Gasteiger partial charge in [-0.15, -0.1) is 24.0 Å². The van der Waals surface area contributed by atoms with Crippen LogP contribution in [0.2, 0.25) is 0 Å². The molecule has 160 valence electrons. The molecule has 3 rings (SSSR count). The summed E-state index contributed by atoms with van der Waals surface area (Å²) >= 11 is 0. The molecule has 0 radical (unpaired) electrons. The van der Waals surface area contributed by atoms with Crippen molar-refractivity contribution in [3.05, 3.63) is 42.0 Å². The molecule has 1 aromatic rings. The molecule has 0 atom stereocenters. The lowest BCUT2D eigenvalue weighted by molar-refractivity contribution is -0.135. The van der Waals surface area contributed by atoms with E-state index in [2.05, 4.69) is 56.9 Å². The maximum atomic E-state index is 12.1. The van der Waals surface area contributed by atoms with Crippen molar-refractivity contribution >= 4 is 41.5 Å². The number of amides is 1. The Balaban J connectivity index is 0.00000300. The Morgan fingerprint density at radius 2 is 1.76 bits per heavy atom. The first-order valence-corrected chi connectivity index (χ1v) is 10.3. The molecule has 0 spiro atoms. The normalized spacial score (nSPS) is 17.4. The quantitative estimate of drug-likeness (QED) is 0.276. The average molecular weight is 511 g/mol. The van der Waals surface area contributed by atoms with Crippen LogP contribution in [-0.2, 0) is 11.3 Å². The number of guanidine groups is 1. The maximum absolute atomic E-state index is 12.1. The Labute approximate surface area is 191 Å². The number of hydrogen-bond acceptors (Lipinski definition) is 3. The third kappa shape index (κ3) is 6.62. The zero-order valence-corrected chi connectivity index (χ0v) is 20.1. The Morgan fingerprint density at radius 3 is 2.31 bits per heavy atom. The lowest BCUT2D eigenvalue weighted by Crippen LogP contribution is -2.50. The van der Waals surface area contributed by atoms with Gasteiger partial charge in [-0.1, -0.05) is 38.1 Å². The van der Waals surface area contributed by atoms with Gasteiger partial charge in [-0.3, -0.25) is 9.79 Å². The smallest absolute Gasteiger partial charge is 0.225 e. The predicted octanol–water partition coefficient (Wildman–Crippen LogP) is 2.99. The zero-order valence-electron chi connectivity index (χ0n) is 17.7. The summed E-state index contributed by atoms with van der Waals surface area (Å²) in [5.74, 6) is 1.16. The van der Waals surface area contributed by atoms with Crippen molar-refractivity contribution < 1.29 is 4.79 Å². The minimum atomic E-state index is 0. The number of halogens is 1. The second-order valence-electron chi connectivity index (χ2n) is 7.87. The molecule has 0 aromatic heterocycles. The molecule has 2 heterocycles. The standard InChI is InChI=1S/C22H33N5O.HI/c1-17(2)21(28)27-14-10-19(11-15-27)25-22(23-3)24-16-18-6-8-20(9-7-18)26-12-4-5-13-26;/h4-9,17,19H,10-16H2,1-3H3,(H2,23,24,25);1H. The van der Waals surface area contributed by atoms with E-state index in [-0.39, 0.29) is 35.8 Å². The molecule has 2 aliphatic rings. The van der Waals surface area contributed by atoms with Gasteiger partial charge in [0.05, 0.1) is 0 Å². The molecule has 2 N–H and O–H groups in total. The third-order valence-electron chi connectivity index (χ3n) is 5.44. The van der Waals surface area contributed by atoms with Gasteiger partial charge in [0.1, 0.15) is 0 Å². The minimum Gasteiger partial charge on any atom is -0.364 e. The number of nitrogens with zero attached hydrogens (tertiary/aromatic N) is 3. The van der Waals surface area contributed by atoms with E-state index in [1.807, 2.05) is 18.7 Å². The van der Waals surface area contributed by atoms with Crippen molar-refractivity contribution in [2.24, 2.45) is 10.9 Å². The van der Waals surface area contributed by atoms with E-state index in [1.54, 1.807) is 7.05 Å². The SMILES string of the molecule is CN=C(NCc1ccc(N2CC=CC2)cc1)NC1CCN(C(=O)C(C)C)CC1.I. The molecular formula is C22H34IN5O. The fourth-order valence-electron chi connectivity index (χ4n) is 3.70. The molecule has 7 heteroatoms. The highest BCUT2D eigenvalue weighted by atomic mass is 127. The van der Waals surface area contributed by atoms with Crippen LogP contribution in [0.25, 0.3) is 0 Å². The fourth-order valence-corrected chi connectivity index (χ4v) is 3.70. The van der Waals surface area contributed by atoms with Crippen LogP contribution in [0, 0.1) is 5.92 Å². The van der Waals surface area contributed by atoms with Crippen LogP contribution in [0.15, 0.2) is 41.4 Å². The lowest BCUT2D eigenvalue weighted by atomic mass is 10.0. The molecule has 2 aliphatic heterocycles. The summed E-state index contributed by atoms with van der Waals surface area (Å²) in [7, 11) is 1.80. The van der Waals surface area contributed by atoms with Gasteiger partial charge in [0, 0.05) is 57.4 Å². The van der Waals surface area contributed by atoms with Crippen LogP contribution in [0.5, 0.6) is 0 Å². The molecule has 1 saturated heterocycles. The molecule has 0 bridgehead atoms. The first-order valence-electron chi connectivity index (χ1n) is 10.3. The van der Waals surface area contributed by atoms with Crippen molar-refractivity contribution in [3.8, 4) is 0 Å². The Morgan fingerprint density at radius 1 is 1.14 bits per heavy atom. The highest BCUT2D eigenvalue weighted by Crippen LogP contribution is 2.17. The van der Waals surface area contributed by atoms with Gasteiger partial charge >= 0.3 is 0 Å². The second-order valence-corrected chi connectivity index (χ2v) is 7.87. The number of anilines is 1. The van der Waals surface area contributed by atoms with Gasteiger partial charge in [0.15, 0.2) is 5.96 Å². The van der Waals surface area contributed by atoms with E-state index in [0.717, 1.165) is 51.5 Å². The maximum Gasteiger partial charge on any atom is 0.225 e. The van der Waals surface area contributed by atoms with Gasteiger partial charge in [-0.05, 0) is 30.5 Å². The average Bonchev–Trinajstić information content (AvgIpc) is 3.26. The van der Waals surface area contributed by atoms with Crippen molar-refractivity contribution in [2.75, 3.05) is 38.1 Å². The van der Waals surface area contributed by atoms with Crippen molar-refractivity contribution in [2.45, 2.75) is 39.3 Å². The number of benzene rings is 1. The second kappa shape index (κ2) is 11.4. The van der Waals surface area contributed by atoms with Gasteiger partial charge in [-0.25, -0.2) is 0 Å².